The van der Waals surface area contributed by atoms with Crippen LogP contribution in [0.15, 0.2) is 48.5 Å². The summed E-state index contributed by atoms with van der Waals surface area (Å²) in [4.78, 5) is 0. The number of anilines is 2. The number of nitrogen functional groups attached to an aromatic ring is 2. The Kier molecular flexibility index (Phi) is 2.59. The summed E-state index contributed by atoms with van der Waals surface area (Å²) in [5.41, 5.74) is 15.3. The first-order valence-corrected chi connectivity index (χ1v) is 4.94. The van der Waals surface area contributed by atoms with E-state index in [2.05, 4.69) is 12.1 Å². The van der Waals surface area contributed by atoms with Gasteiger partial charge in [-0.2, -0.15) is 0 Å². The fourth-order valence-corrected chi connectivity index (χ4v) is 1.60. The number of rotatable bonds is 2. The third-order valence-corrected chi connectivity index (χ3v) is 2.47. The van der Waals surface area contributed by atoms with Gasteiger partial charge in [0.15, 0.2) is 0 Å². The van der Waals surface area contributed by atoms with Crippen LogP contribution in [0.5, 0.6) is 0 Å². The Hall–Kier alpha value is -1.96. The number of benzene rings is 2. The number of para-hydroxylation sites is 1. The SMILES string of the molecule is Nc1cccc(Cc2ccccc2)c1N. The summed E-state index contributed by atoms with van der Waals surface area (Å²) >= 11 is 0. The van der Waals surface area contributed by atoms with Crippen LogP contribution in [0.25, 0.3) is 0 Å². The van der Waals surface area contributed by atoms with Gasteiger partial charge in [-0.1, -0.05) is 42.5 Å². The highest BCUT2D eigenvalue weighted by molar-refractivity contribution is 5.67. The minimum Gasteiger partial charge on any atom is -0.397 e. The van der Waals surface area contributed by atoms with Crippen LogP contribution in [0.3, 0.4) is 0 Å². The molecule has 0 amide bonds. The molecular formula is C13H14N2. The molecular weight excluding hydrogens is 184 g/mol. The molecule has 0 unspecified atom stereocenters. The van der Waals surface area contributed by atoms with Gasteiger partial charge in [0.05, 0.1) is 11.4 Å². The Bertz CT molecular complexity index is 449. The van der Waals surface area contributed by atoms with Gasteiger partial charge in [-0.3, -0.25) is 0 Å². The standard InChI is InChI=1S/C13H14N2/c14-12-8-4-7-11(13(12)15)9-10-5-2-1-3-6-10/h1-8H,9,14-15H2. The molecule has 0 aromatic heterocycles. The van der Waals surface area contributed by atoms with Crippen LogP contribution in [-0.2, 0) is 6.42 Å². The normalized spacial score (nSPS) is 10.1. The maximum atomic E-state index is 5.91. The highest BCUT2D eigenvalue weighted by Gasteiger charge is 2.02. The summed E-state index contributed by atoms with van der Waals surface area (Å²) in [5, 5.41) is 0. The molecule has 0 saturated heterocycles. The van der Waals surface area contributed by atoms with Crippen LogP contribution in [-0.4, -0.2) is 0 Å². The fourth-order valence-electron chi connectivity index (χ4n) is 1.60. The molecule has 2 rings (SSSR count). The van der Waals surface area contributed by atoms with Gasteiger partial charge in [-0.15, -0.1) is 0 Å². The predicted molar refractivity (Wildman–Crippen MR) is 64.5 cm³/mol. The van der Waals surface area contributed by atoms with Gasteiger partial charge in [0.2, 0.25) is 0 Å². The van der Waals surface area contributed by atoms with E-state index < -0.39 is 0 Å². The molecule has 76 valence electrons. The van der Waals surface area contributed by atoms with Crippen molar-refractivity contribution in [2.45, 2.75) is 6.42 Å². The van der Waals surface area contributed by atoms with Crippen molar-refractivity contribution in [3.05, 3.63) is 59.7 Å². The van der Waals surface area contributed by atoms with Gasteiger partial charge in [0, 0.05) is 0 Å². The lowest BCUT2D eigenvalue weighted by Gasteiger charge is -2.07. The molecule has 2 aromatic rings. The van der Waals surface area contributed by atoms with Crippen LogP contribution in [0.4, 0.5) is 11.4 Å². The van der Waals surface area contributed by atoms with E-state index >= 15 is 0 Å². The molecule has 0 spiro atoms. The van der Waals surface area contributed by atoms with E-state index in [9.17, 15) is 0 Å². The van der Waals surface area contributed by atoms with Crippen LogP contribution < -0.4 is 11.5 Å². The van der Waals surface area contributed by atoms with E-state index in [0.29, 0.717) is 11.4 Å². The van der Waals surface area contributed by atoms with Crippen LogP contribution in [0.1, 0.15) is 11.1 Å². The summed E-state index contributed by atoms with van der Waals surface area (Å²) in [6, 6.07) is 16.0. The Morgan fingerprint density at radius 3 is 2.27 bits per heavy atom. The second kappa shape index (κ2) is 4.05. The molecule has 0 aliphatic carbocycles. The summed E-state index contributed by atoms with van der Waals surface area (Å²) in [5.74, 6) is 0. The molecule has 0 atom stereocenters. The van der Waals surface area contributed by atoms with Crippen molar-refractivity contribution in [3.63, 3.8) is 0 Å². The van der Waals surface area contributed by atoms with E-state index in [1.54, 1.807) is 0 Å². The molecule has 2 aromatic carbocycles. The van der Waals surface area contributed by atoms with E-state index in [0.717, 1.165) is 12.0 Å². The smallest absolute Gasteiger partial charge is 0.0583 e. The fraction of sp³-hybridized carbons (Fsp3) is 0.0769. The molecule has 0 bridgehead atoms. The molecule has 0 saturated carbocycles. The summed E-state index contributed by atoms with van der Waals surface area (Å²) in [7, 11) is 0. The second-order valence-electron chi connectivity index (χ2n) is 3.58. The minimum atomic E-state index is 0.656. The van der Waals surface area contributed by atoms with Gasteiger partial charge < -0.3 is 11.5 Å². The Labute approximate surface area is 89.5 Å². The van der Waals surface area contributed by atoms with Crippen molar-refractivity contribution in [1.29, 1.82) is 0 Å². The molecule has 0 radical (unpaired) electrons. The van der Waals surface area contributed by atoms with Crippen molar-refractivity contribution in [3.8, 4) is 0 Å². The van der Waals surface area contributed by atoms with Crippen molar-refractivity contribution in [1.82, 2.24) is 0 Å². The highest BCUT2D eigenvalue weighted by atomic mass is 14.7. The van der Waals surface area contributed by atoms with E-state index in [-0.39, 0.29) is 0 Å². The molecule has 4 N–H and O–H groups in total. The summed E-state index contributed by atoms with van der Waals surface area (Å²) in [6.45, 7) is 0. The van der Waals surface area contributed by atoms with E-state index in [4.69, 9.17) is 11.5 Å². The zero-order chi connectivity index (χ0) is 10.7. The lowest BCUT2D eigenvalue weighted by Crippen LogP contribution is -2.00. The molecule has 0 aliphatic rings. The molecule has 2 nitrogen and oxygen atoms in total. The van der Waals surface area contributed by atoms with Crippen LogP contribution in [0.2, 0.25) is 0 Å². The third kappa shape index (κ3) is 2.10. The van der Waals surface area contributed by atoms with Gasteiger partial charge in [0.1, 0.15) is 0 Å². The zero-order valence-electron chi connectivity index (χ0n) is 8.48. The zero-order valence-corrected chi connectivity index (χ0v) is 8.48. The van der Waals surface area contributed by atoms with Crippen molar-refractivity contribution < 1.29 is 0 Å². The Morgan fingerprint density at radius 1 is 0.800 bits per heavy atom. The van der Waals surface area contributed by atoms with Crippen LogP contribution >= 0.6 is 0 Å². The van der Waals surface area contributed by atoms with Crippen molar-refractivity contribution in [2.75, 3.05) is 11.5 Å². The topological polar surface area (TPSA) is 52.0 Å². The quantitative estimate of drug-likeness (QED) is 0.728. The highest BCUT2D eigenvalue weighted by Crippen LogP contribution is 2.21. The van der Waals surface area contributed by atoms with Crippen molar-refractivity contribution in [2.24, 2.45) is 0 Å². The average Bonchev–Trinajstić information content (AvgIpc) is 2.26. The van der Waals surface area contributed by atoms with E-state index in [1.165, 1.54) is 5.56 Å². The maximum Gasteiger partial charge on any atom is 0.0583 e. The van der Waals surface area contributed by atoms with Gasteiger partial charge in [-0.05, 0) is 23.6 Å². The summed E-state index contributed by atoms with van der Waals surface area (Å²) in [6.07, 6.45) is 0.831. The largest absolute Gasteiger partial charge is 0.397 e. The number of hydrogen-bond acceptors (Lipinski definition) is 2. The number of nitrogens with two attached hydrogens (primary N) is 2. The van der Waals surface area contributed by atoms with Gasteiger partial charge in [0.25, 0.3) is 0 Å². The average molecular weight is 198 g/mol. The van der Waals surface area contributed by atoms with Crippen LogP contribution in [0, 0.1) is 0 Å². The molecule has 2 heteroatoms. The molecule has 0 fully saturated rings. The Morgan fingerprint density at radius 2 is 1.53 bits per heavy atom. The summed E-state index contributed by atoms with van der Waals surface area (Å²) < 4.78 is 0. The minimum absolute atomic E-state index is 0.656. The van der Waals surface area contributed by atoms with Gasteiger partial charge >= 0.3 is 0 Å². The molecule has 0 aliphatic heterocycles. The molecule has 15 heavy (non-hydrogen) atoms. The first-order chi connectivity index (χ1) is 7.27. The third-order valence-electron chi connectivity index (χ3n) is 2.47. The Balaban J connectivity index is 2.29. The molecule has 0 heterocycles. The van der Waals surface area contributed by atoms with E-state index in [1.807, 2.05) is 36.4 Å². The lowest BCUT2D eigenvalue weighted by atomic mass is 10.0. The van der Waals surface area contributed by atoms with Gasteiger partial charge in [-0.25, -0.2) is 0 Å². The number of hydrogen-bond donors (Lipinski definition) is 2. The monoisotopic (exact) mass is 198 g/mol. The second-order valence-corrected chi connectivity index (χ2v) is 3.58. The predicted octanol–water partition coefficient (Wildman–Crippen LogP) is 2.44. The maximum absolute atomic E-state index is 5.91. The van der Waals surface area contributed by atoms with Crippen molar-refractivity contribution >= 4 is 11.4 Å². The lowest BCUT2D eigenvalue weighted by molar-refractivity contribution is 1.20. The first kappa shape index (κ1) is 9.59. The first-order valence-electron chi connectivity index (χ1n) is 4.94.